The first-order chi connectivity index (χ1) is 26.9. The lowest BCUT2D eigenvalue weighted by Gasteiger charge is -2.30. The number of ether oxygens (including phenoxy) is 1. The van der Waals surface area contributed by atoms with Crippen molar-refractivity contribution in [3.63, 3.8) is 0 Å². The van der Waals surface area contributed by atoms with Crippen LogP contribution in [0.3, 0.4) is 0 Å². The number of thioether (sulfide) groups is 1. The third kappa shape index (κ3) is 13.2. The molecule has 1 saturated carbocycles. The van der Waals surface area contributed by atoms with Crippen LogP contribution < -0.4 is 16.4 Å². The highest BCUT2D eigenvalue weighted by molar-refractivity contribution is 8.13. The number of rotatable bonds is 20. The Labute approximate surface area is 333 Å². The standard InChI is InChI=1S/C28H46N7O19P3S/c1-28(2,22(40)25(41)31-7-6-17(38)30-8-9-58-27(42)18-14(36)4-3-5-15(18)37)11-51-57(48,49)54-56(46,47)50-10-16-21(53-55(43,44)45)20(39)26(52-16)35-13-34-19-23(29)32-12-33-24(19)35/h12-16,18,20-22,26,36-37,39-40H,3-11H2,1-2H3,(H,30,38)(H,31,41)(H,46,47)(H,48,49)(H2,29,32,33)(H2,43,44,45)/t14?,15?,16-,18?,20-,21-,22+,26-/m1/s1. The van der Waals surface area contributed by atoms with Gasteiger partial charge in [-0.3, -0.25) is 32.5 Å². The van der Waals surface area contributed by atoms with Gasteiger partial charge in [0.2, 0.25) is 11.8 Å². The van der Waals surface area contributed by atoms with Crippen molar-refractivity contribution in [1.82, 2.24) is 30.2 Å². The third-order valence-electron chi connectivity index (χ3n) is 8.85. The molecule has 3 heterocycles. The van der Waals surface area contributed by atoms with Crippen LogP contribution in [0.2, 0.25) is 0 Å². The summed E-state index contributed by atoms with van der Waals surface area (Å²) in [6.07, 6.45) is -7.51. The van der Waals surface area contributed by atoms with E-state index in [1.54, 1.807) is 0 Å². The summed E-state index contributed by atoms with van der Waals surface area (Å²) in [5, 5.41) is 46.0. The van der Waals surface area contributed by atoms with Crippen LogP contribution in [0.5, 0.6) is 0 Å². The van der Waals surface area contributed by atoms with Gasteiger partial charge in [-0.05, 0) is 19.3 Å². The number of imidazole rings is 1. The van der Waals surface area contributed by atoms with Crippen LogP contribution in [0.1, 0.15) is 45.8 Å². The molecular formula is C28H46N7O19P3S. The molecule has 0 aromatic carbocycles. The average molecular weight is 910 g/mol. The second-order valence-corrected chi connectivity index (χ2v) is 19.2. The summed E-state index contributed by atoms with van der Waals surface area (Å²) >= 11 is 0.864. The minimum atomic E-state index is -5.59. The number of nitrogens with two attached hydrogens (primary N) is 1. The Bertz CT molecular complexity index is 1910. The van der Waals surface area contributed by atoms with Gasteiger partial charge in [-0.1, -0.05) is 25.6 Å². The zero-order valence-corrected chi connectivity index (χ0v) is 34.3. The Balaban J connectivity index is 1.22. The first-order valence-electron chi connectivity index (χ1n) is 17.3. The number of aliphatic hydroxyl groups is 4. The lowest BCUT2D eigenvalue weighted by atomic mass is 9.85. The van der Waals surface area contributed by atoms with E-state index in [1.165, 1.54) is 13.8 Å². The number of hydrogen-bond donors (Lipinski definition) is 11. The van der Waals surface area contributed by atoms with E-state index in [4.69, 9.17) is 19.5 Å². The van der Waals surface area contributed by atoms with Gasteiger partial charge in [0, 0.05) is 30.7 Å². The summed E-state index contributed by atoms with van der Waals surface area (Å²) in [4.78, 5) is 88.1. The Morgan fingerprint density at radius 3 is 2.33 bits per heavy atom. The number of nitrogens with zero attached hydrogens (tertiary/aromatic N) is 4. The number of phosphoric acid groups is 3. The van der Waals surface area contributed by atoms with Crippen LogP contribution in [0.25, 0.3) is 11.2 Å². The summed E-state index contributed by atoms with van der Waals surface area (Å²) < 4.78 is 62.1. The molecule has 58 heavy (non-hydrogen) atoms. The number of amides is 2. The van der Waals surface area contributed by atoms with Gasteiger partial charge in [0.1, 0.15) is 36.3 Å². The number of phosphoric ester groups is 3. The van der Waals surface area contributed by atoms with E-state index in [9.17, 15) is 68.1 Å². The first-order valence-corrected chi connectivity index (χ1v) is 22.8. The quantitative estimate of drug-likeness (QED) is 0.0515. The zero-order valence-electron chi connectivity index (χ0n) is 30.8. The first kappa shape index (κ1) is 48.1. The maximum Gasteiger partial charge on any atom is 0.481 e. The zero-order chi connectivity index (χ0) is 43.2. The molecule has 9 atom stereocenters. The van der Waals surface area contributed by atoms with Gasteiger partial charge in [-0.15, -0.1) is 0 Å². The molecule has 12 N–H and O–H groups in total. The Kier molecular flexibility index (Phi) is 16.5. The molecule has 2 aliphatic rings. The summed E-state index contributed by atoms with van der Waals surface area (Å²) in [6, 6.07) is 0. The van der Waals surface area contributed by atoms with Gasteiger partial charge < -0.3 is 61.1 Å². The molecule has 1 saturated heterocycles. The van der Waals surface area contributed by atoms with Crippen LogP contribution in [0.15, 0.2) is 12.7 Å². The molecule has 1 aliphatic carbocycles. The minimum absolute atomic E-state index is 0.0218. The molecule has 4 rings (SSSR count). The monoisotopic (exact) mass is 909 g/mol. The van der Waals surface area contributed by atoms with Crippen molar-refractivity contribution < 1.29 is 90.7 Å². The summed E-state index contributed by atoms with van der Waals surface area (Å²) in [7, 11) is -16.4. The van der Waals surface area contributed by atoms with Gasteiger partial charge in [0.15, 0.2) is 22.8 Å². The number of aliphatic hydroxyl groups excluding tert-OH is 4. The fraction of sp³-hybridized carbons (Fsp3) is 0.714. The van der Waals surface area contributed by atoms with Crippen molar-refractivity contribution in [2.24, 2.45) is 11.3 Å². The Morgan fingerprint density at radius 2 is 1.67 bits per heavy atom. The van der Waals surface area contributed by atoms with Crippen molar-refractivity contribution in [3.05, 3.63) is 12.7 Å². The highest BCUT2D eigenvalue weighted by Crippen LogP contribution is 2.61. The van der Waals surface area contributed by atoms with Gasteiger partial charge in [0.25, 0.3) is 0 Å². The van der Waals surface area contributed by atoms with Crippen molar-refractivity contribution in [1.29, 1.82) is 0 Å². The van der Waals surface area contributed by atoms with E-state index in [1.807, 2.05) is 0 Å². The van der Waals surface area contributed by atoms with Crippen LogP contribution in [0, 0.1) is 11.3 Å². The molecule has 2 aromatic heterocycles. The number of nitrogens with one attached hydrogen (secondary N) is 2. The number of anilines is 1. The lowest BCUT2D eigenvalue weighted by molar-refractivity contribution is -0.137. The number of hydrogen-bond acceptors (Lipinski definition) is 20. The van der Waals surface area contributed by atoms with Gasteiger partial charge in [-0.2, -0.15) is 4.31 Å². The summed E-state index contributed by atoms with van der Waals surface area (Å²) in [5.74, 6) is -2.30. The van der Waals surface area contributed by atoms with Crippen molar-refractivity contribution in [2.75, 3.05) is 37.8 Å². The topological polar surface area (TPSA) is 404 Å². The maximum atomic E-state index is 12.7. The highest BCUT2D eigenvalue weighted by atomic mass is 32.2. The predicted molar refractivity (Wildman–Crippen MR) is 196 cm³/mol. The minimum Gasteiger partial charge on any atom is -0.392 e. The maximum absolute atomic E-state index is 12.7. The second kappa shape index (κ2) is 19.9. The molecular weight excluding hydrogens is 863 g/mol. The number of aromatic nitrogens is 4. The SMILES string of the molecule is CC(C)(COP(=O)(O)OP(=O)(O)OC[C@H]1O[C@@H](n2cnc3c(N)ncnc32)[C@H](O)[C@@H]1OP(=O)(O)O)[C@@H](O)C(=O)NCCC(=O)NCCSC(=O)C1C(O)CCCC1O. The van der Waals surface area contributed by atoms with Crippen molar-refractivity contribution >= 4 is 69.1 Å². The van der Waals surface area contributed by atoms with Crippen molar-refractivity contribution in [2.45, 2.75) is 82.4 Å². The van der Waals surface area contributed by atoms with E-state index in [-0.39, 0.29) is 47.4 Å². The summed E-state index contributed by atoms with van der Waals surface area (Å²) in [6.45, 7) is 0.228. The smallest absolute Gasteiger partial charge is 0.392 e. The number of nitrogen functional groups attached to an aromatic ring is 1. The number of carbonyl (C=O) groups is 3. The third-order valence-corrected chi connectivity index (χ3v) is 12.9. The van der Waals surface area contributed by atoms with Crippen LogP contribution in [-0.4, -0.2) is 145 Å². The van der Waals surface area contributed by atoms with Crippen molar-refractivity contribution in [3.8, 4) is 0 Å². The molecule has 2 fully saturated rings. The van der Waals surface area contributed by atoms with Gasteiger partial charge in [-0.25, -0.2) is 28.6 Å². The largest absolute Gasteiger partial charge is 0.481 e. The highest BCUT2D eigenvalue weighted by Gasteiger charge is 2.50. The molecule has 0 radical (unpaired) electrons. The molecule has 1 aliphatic heterocycles. The van der Waals surface area contributed by atoms with Gasteiger partial charge in [0.05, 0.1) is 37.7 Å². The lowest BCUT2D eigenvalue weighted by Crippen LogP contribution is -2.46. The molecule has 4 unspecified atom stereocenters. The van der Waals surface area contributed by atoms with E-state index >= 15 is 0 Å². The number of carbonyl (C=O) groups excluding carboxylic acids is 3. The van der Waals surface area contributed by atoms with Crippen LogP contribution in [-0.2, 0) is 50.7 Å². The molecule has 2 aromatic rings. The fourth-order valence-electron chi connectivity index (χ4n) is 5.84. The fourth-order valence-corrected chi connectivity index (χ4v) is 9.58. The van der Waals surface area contributed by atoms with E-state index < -0.39 is 103 Å². The normalized spacial score (nSPS) is 26.8. The molecule has 30 heteroatoms. The molecule has 328 valence electrons. The van der Waals surface area contributed by atoms with E-state index in [2.05, 4.69) is 34.4 Å². The van der Waals surface area contributed by atoms with E-state index in [0.717, 1.165) is 29.0 Å². The van der Waals surface area contributed by atoms with E-state index in [0.29, 0.717) is 19.3 Å². The predicted octanol–water partition coefficient (Wildman–Crippen LogP) is -1.81. The molecule has 0 spiro atoms. The molecule has 26 nitrogen and oxygen atoms in total. The Morgan fingerprint density at radius 1 is 1.02 bits per heavy atom. The molecule has 2 amide bonds. The Hall–Kier alpha value is -2.52. The second-order valence-electron chi connectivity index (χ2n) is 13.8. The number of fused-ring (bicyclic) bond motifs is 1. The van der Waals surface area contributed by atoms with Crippen LogP contribution >= 0.6 is 35.2 Å². The average Bonchev–Trinajstić information content (AvgIpc) is 3.68. The van der Waals surface area contributed by atoms with Gasteiger partial charge >= 0.3 is 23.5 Å². The summed E-state index contributed by atoms with van der Waals surface area (Å²) in [5.41, 5.74) is 4.21. The van der Waals surface area contributed by atoms with Crippen LogP contribution in [0.4, 0.5) is 5.82 Å². The molecule has 0 bridgehead atoms.